The fourth-order valence-corrected chi connectivity index (χ4v) is 9.51. The highest BCUT2D eigenvalue weighted by molar-refractivity contribution is 6.00. The number of fused-ring (bicyclic) bond motifs is 5. The zero-order chi connectivity index (χ0) is 29.0. The van der Waals surface area contributed by atoms with E-state index in [9.17, 15) is 35.4 Å². The van der Waals surface area contributed by atoms with Gasteiger partial charge < -0.3 is 40.1 Å². The highest BCUT2D eigenvalue weighted by Gasteiger charge is 2.73. The third-order valence-electron chi connectivity index (χ3n) is 11.8. The Labute approximate surface area is 231 Å². The minimum absolute atomic E-state index is 0.0738. The Balaban J connectivity index is 1.52. The maximum atomic E-state index is 13.5. The predicted octanol–water partition coefficient (Wildman–Crippen LogP) is 1.74. The molecule has 9 heteroatoms. The molecular formula is C30H48O9. The van der Waals surface area contributed by atoms with E-state index < -0.39 is 57.0 Å². The Morgan fingerprint density at radius 2 is 1.62 bits per heavy atom. The molecule has 0 aromatic heterocycles. The van der Waals surface area contributed by atoms with E-state index >= 15 is 0 Å². The maximum Gasteiger partial charge on any atom is 0.187 e. The summed E-state index contributed by atoms with van der Waals surface area (Å²) in [5.74, 6) is -1.84. The number of carbonyl (C=O) groups is 1. The van der Waals surface area contributed by atoms with Gasteiger partial charge in [0.05, 0.1) is 41.7 Å². The first-order valence-electron chi connectivity index (χ1n) is 14.6. The first kappa shape index (κ1) is 29.6. The van der Waals surface area contributed by atoms with Gasteiger partial charge in [0.25, 0.3) is 0 Å². The van der Waals surface area contributed by atoms with Crippen LogP contribution in [0.1, 0.15) is 92.9 Å². The zero-order valence-corrected chi connectivity index (χ0v) is 24.2. The molecule has 0 amide bonds. The average molecular weight is 553 g/mol. The summed E-state index contributed by atoms with van der Waals surface area (Å²) in [5, 5.41) is 65.2. The molecule has 9 nitrogen and oxygen atoms in total. The average Bonchev–Trinajstić information content (AvgIpc) is 3.25. The standard InChI is InChI=1S/C30H48O9/c1-24(2)38-23(9-10-25(3,35)16-31)28(6,39-24)21-8-12-29(36)18-13-22(34)30(37)15-20(33)19(32)14-27(30,5)17(18)7-11-26(21,29)4/h13,17,19-21,23,31-33,35-37H,7-12,14-16H2,1-6H3/t17-,19-,20+,21-,23+,25?,26+,27+,28+,29+,30+/m0/s1. The molecule has 1 aliphatic heterocycles. The number of rotatable bonds is 5. The molecule has 5 rings (SSSR count). The summed E-state index contributed by atoms with van der Waals surface area (Å²) in [6, 6.07) is 0. The van der Waals surface area contributed by atoms with Crippen molar-refractivity contribution in [1.29, 1.82) is 0 Å². The molecule has 0 radical (unpaired) electrons. The van der Waals surface area contributed by atoms with Crippen molar-refractivity contribution in [2.45, 2.75) is 139 Å². The van der Waals surface area contributed by atoms with Crippen molar-refractivity contribution in [3.8, 4) is 0 Å². The molecule has 4 fully saturated rings. The molecule has 0 aromatic rings. The van der Waals surface area contributed by atoms with Crippen LogP contribution in [0.25, 0.3) is 0 Å². The minimum Gasteiger partial charge on any atom is -0.393 e. The van der Waals surface area contributed by atoms with Crippen molar-refractivity contribution >= 4 is 5.78 Å². The number of hydrogen-bond acceptors (Lipinski definition) is 9. The monoisotopic (exact) mass is 552 g/mol. The lowest BCUT2D eigenvalue weighted by Crippen LogP contribution is -2.69. The van der Waals surface area contributed by atoms with Crippen LogP contribution in [0.4, 0.5) is 0 Å². The van der Waals surface area contributed by atoms with Gasteiger partial charge in [-0.2, -0.15) is 0 Å². The van der Waals surface area contributed by atoms with Crippen LogP contribution in [-0.2, 0) is 14.3 Å². The number of carbonyl (C=O) groups excluding carboxylic acids is 1. The van der Waals surface area contributed by atoms with E-state index in [1.807, 2.05) is 27.7 Å². The summed E-state index contributed by atoms with van der Waals surface area (Å²) < 4.78 is 13.0. The van der Waals surface area contributed by atoms with Crippen LogP contribution in [0.5, 0.6) is 0 Å². The van der Waals surface area contributed by atoms with Crippen molar-refractivity contribution in [3.05, 3.63) is 11.6 Å². The highest BCUT2D eigenvalue weighted by Crippen LogP contribution is 2.70. The molecule has 11 atom stereocenters. The van der Waals surface area contributed by atoms with Crippen molar-refractivity contribution in [1.82, 2.24) is 0 Å². The summed E-state index contributed by atoms with van der Waals surface area (Å²) >= 11 is 0. The molecule has 4 aliphatic carbocycles. The fraction of sp³-hybridized carbons (Fsp3) is 0.900. The molecule has 3 saturated carbocycles. The van der Waals surface area contributed by atoms with Crippen LogP contribution >= 0.6 is 0 Å². The Morgan fingerprint density at radius 1 is 0.974 bits per heavy atom. The van der Waals surface area contributed by atoms with Crippen LogP contribution in [0.2, 0.25) is 0 Å². The fourth-order valence-electron chi connectivity index (χ4n) is 9.51. The quantitative estimate of drug-likeness (QED) is 0.299. The van der Waals surface area contributed by atoms with E-state index in [2.05, 4.69) is 6.92 Å². The number of ketones is 1. The molecule has 222 valence electrons. The Kier molecular flexibility index (Phi) is 6.67. The molecule has 6 N–H and O–H groups in total. The normalized spacial score (nSPS) is 52.5. The van der Waals surface area contributed by atoms with E-state index in [0.717, 1.165) is 0 Å². The van der Waals surface area contributed by atoms with Gasteiger partial charge in [-0.3, -0.25) is 4.79 Å². The molecule has 5 aliphatic rings. The van der Waals surface area contributed by atoms with Gasteiger partial charge in [-0.1, -0.05) is 13.8 Å². The van der Waals surface area contributed by atoms with Gasteiger partial charge in [-0.25, -0.2) is 0 Å². The number of aliphatic hydroxyl groups excluding tert-OH is 3. The first-order chi connectivity index (χ1) is 17.8. The highest BCUT2D eigenvalue weighted by atomic mass is 16.8. The van der Waals surface area contributed by atoms with Crippen LogP contribution in [0, 0.1) is 22.7 Å². The lowest BCUT2D eigenvalue weighted by Gasteiger charge is -2.62. The number of hydrogen-bond donors (Lipinski definition) is 6. The second-order valence-corrected chi connectivity index (χ2v) is 14.7. The summed E-state index contributed by atoms with van der Waals surface area (Å²) in [6.45, 7) is 10.9. The van der Waals surface area contributed by atoms with Gasteiger partial charge in [-0.05, 0) is 96.1 Å². The molecule has 39 heavy (non-hydrogen) atoms. The number of ether oxygens (including phenoxy) is 2. The smallest absolute Gasteiger partial charge is 0.187 e. The Bertz CT molecular complexity index is 1060. The van der Waals surface area contributed by atoms with Gasteiger partial charge in [0.1, 0.15) is 5.60 Å². The predicted molar refractivity (Wildman–Crippen MR) is 141 cm³/mol. The minimum atomic E-state index is -1.80. The Hall–Kier alpha value is -0.910. The van der Waals surface area contributed by atoms with Crippen molar-refractivity contribution in [2.75, 3.05) is 6.61 Å². The first-order valence-corrected chi connectivity index (χ1v) is 14.6. The zero-order valence-electron chi connectivity index (χ0n) is 24.2. The maximum absolute atomic E-state index is 13.5. The second-order valence-electron chi connectivity index (χ2n) is 14.7. The topological polar surface area (TPSA) is 157 Å². The molecule has 1 saturated heterocycles. The van der Waals surface area contributed by atoms with E-state index in [4.69, 9.17) is 9.47 Å². The second kappa shape index (κ2) is 8.80. The van der Waals surface area contributed by atoms with Crippen LogP contribution in [-0.4, -0.2) is 89.5 Å². The van der Waals surface area contributed by atoms with E-state index in [1.165, 1.54) is 6.08 Å². The third kappa shape index (κ3) is 3.98. The summed E-state index contributed by atoms with van der Waals surface area (Å²) in [4.78, 5) is 13.5. The summed E-state index contributed by atoms with van der Waals surface area (Å²) in [5.41, 5.74) is -6.20. The van der Waals surface area contributed by atoms with Gasteiger partial charge in [-0.15, -0.1) is 0 Å². The summed E-state index contributed by atoms with van der Waals surface area (Å²) in [6.07, 6.45) is 1.75. The van der Waals surface area contributed by atoms with E-state index in [0.29, 0.717) is 44.1 Å². The van der Waals surface area contributed by atoms with E-state index in [1.54, 1.807) is 6.92 Å². The number of aliphatic hydroxyl groups is 6. The van der Waals surface area contributed by atoms with Crippen LogP contribution in [0.15, 0.2) is 11.6 Å². The SMILES string of the molecule is CC(O)(CO)CC[C@H]1OC(C)(C)O[C@]1(C)[C@H]1CC[C@@]2(O)C3=CC(=O)[C@]4(O)C[C@@H](O)[C@@H](O)C[C@]4(C)[C@H]3CC[C@]12C. The van der Waals surface area contributed by atoms with Crippen molar-refractivity contribution < 1.29 is 44.9 Å². The van der Waals surface area contributed by atoms with Gasteiger partial charge in [0.15, 0.2) is 11.6 Å². The Morgan fingerprint density at radius 3 is 2.26 bits per heavy atom. The van der Waals surface area contributed by atoms with E-state index in [-0.39, 0.29) is 37.4 Å². The molecule has 1 unspecified atom stereocenters. The molecule has 1 heterocycles. The molecule has 0 bridgehead atoms. The lowest BCUT2D eigenvalue weighted by molar-refractivity contribution is -0.213. The van der Waals surface area contributed by atoms with Crippen molar-refractivity contribution in [3.63, 3.8) is 0 Å². The molecule has 0 aromatic carbocycles. The van der Waals surface area contributed by atoms with Crippen molar-refractivity contribution in [2.24, 2.45) is 22.7 Å². The van der Waals surface area contributed by atoms with Crippen LogP contribution in [0.3, 0.4) is 0 Å². The third-order valence-corrected chi connectivity index (χ3v) is 11.8. The summed E-state index contributed by atoms with van der Waals surface area (Å²) in [7, 11) is 0. The van der Waals surface area contributed by atoms with Gasteiger partial charge in [0.2, 0.25) is 0 Å². The van der Waals surface area contributed by atoms with Gasteiger partial charge >= 0.3 is 0 Å². The van der Waals surface area contributed by atoms with Gasteiger partial charge in [0, 0.05) is 17.3 Å². The van der Waals surface area contributed by atoms with Crippen LogP contribution < -0.4 is 0 Å². The largest absolute Gasteiger partial charge is 0.393 e. The molecule has 0 spiro atoms. The lowest BCUT2D eigenvalue weighted by atomic mass is 9.44. The molecular weight excluding hydrogens is 504 g/mol.